The van der Waals surface area contributed by atoms with E-state index in [0.717, 1.165) is 25.7 Å². The predicted octanol–water partition coefficient (Wildman–Crippen LogP) is 9.99. The Labute approximate surface area is 272 Å². The zero-order chi connectivity index (χ0) is 29.8. The molecule has 0 spiro atoms. The van der Waals surface area contributed by atoms with E-state index in [1.807, 2.05) is 0 Å². The minimum absolute atomic E-state index is 0. The van der Waals surface area contributed by atoms with Crippen LogP contribution >= 0.6 is 0 Å². The molecule has 0 aromatic heterocycles. The Bertz CT molecular complexity index is 454. The zero-order valence-electron chi connectivity index (χ0n) is 27.6. The molecule has 1 radical (unpaired) electrons. The molecule has 0 atom stereocenters. The Kier molecular flexibility index (Phi) is 46.0. The van der Waals surface area contributed by atoms with Crippen molar-refractivity contribution in [2.24, 2.45) is 0 Å². The van der Waals surface area contributed by atoms with Crippen molar-refractivity contribution < 1.29 is 42.2 Å². The molecule has 0 aliphatic heterocycles. The summed E-state index contributed by atoms with van der Waals surface area (Å²) in [6, 6.07) is 0. The summed E-state index contributed by atoms with van der Waals surface area (Å²) in [5, 5.41) is 20.4. The second-order valence-corrected chi connectivity index (χ2v) is 12.1. The second-order valence-electron chi connectivity index (χ2n) is 12.1. The molecule has 0 bridgehead atoms. The predicted molar refractivity (Wildman–Crippen MR) is 169 cm³/mol. The molecule has 4 nitrogen and oxygen atoms in total. The van der Waals surface area contributed by atoms with Gasteiger partial charge in [-0.2, -0.15) is 0 Å². The van der Waals surface area contributed by atoms with E-state index >= 15 is 0 Å². The summed E-state index contributed by atoms with van der Waals surface area (Å²) in [5.74, 6) is -1.81. The van der Waals surface area contributed by atoms with E-state index in [0.29, 0.717) is 0 Å². The van der Waals surface area contributed by atoms with Gasteiger partial charge in [0.25, 0.3) is 0 Å². The number of rotatable bonds is 32. The molecule has 41 heavy (non-hydrogen) atoms. The number of carbonyl (C=O) groups excluding carboxylic acids is 2. The fourth-order valence-electron chi connectivity index (χ4n) is 5.28. The molecule has 0 N–H and O–H groups in total. The van der Waals surface area contributed by atoms with Gasteiger partial charge in [-0.25, -0.2) is 0 Å². The van der Waals surface area contributed by atoms with Crippen LogP contribution in [0.2, 0.25) is 0 Å². The van der Waals surface area contributed by atoms with Gasteiger partial charge >= 0.3 is 22.4 Å². The zero-order valence-corrected chi connectivity index (χ0v) is 29.0. The summed E-state index contributed by atoms with van der Waals surface area (Å²) < 4.78 is 0. The molecule has 5 heteroatoms. The molecule has 0 heterocycles. The monoisotopic (exact) mass is 673 g/mol. The van der Waals surface area contributed by atoms with Gasteiger partial charge in [-0.3, -0.25) is 0 Å². The molecule has 0 rings (SSSR count). The fourth-order valence-corrected chi connectivity index (χ4v) is 5.28. The van der Waals surface area contributed by atoms with Crippen molar-refractivity contribution in [3.05, 3.63) is 0 Å². The molecule has 0 aromatic rings. The first-order chi connectivity index (χ1) is 19.5. The van der Waals surface area contributed by atoms with Crippen LogP contribution in [0.5, 0.6) is 0 Å². The second kappa shape index (κ2) is 41.8. The first-order valence-electron chi connectivity index (χ1n) is 17.9. The van der Waals surface area contributed by atoms with Gasteiger partial charge in [-0.05, 0) is 25.7 Å². The van der Waals surface area contributed by atoms with Crippen LogP contribution in [-0.4, -0.2) is 11.9 Å². The van der Waals surface area contributed by atoms with Gasteiger partial charge in [-0.1, -0.05) is 194 Å². The summed E-state index contributed by atoms with van der Waals surface area (Å²) in [5.41, 5.74) is 0. The van der Waals surface area contributed by atoms with E-state index in [2.05, 4.69) is 13.8 Å². The molecule has 0 unspecified atom stereocenters. The van der Waals surface area contributed by atoms with Crippen molar-refractivity contribution in [2.75, 3.05) is 0 Å². The molecule has 0 amide bonds. The van der Waals surface area contributed by atoms with Crippen molar-refractivity contribution in [3.63, 3.8) is 0 Å². The maximum absolute atomic E-state index is 10.2. The van der Waals surface area contributed by atoms with Crippen LogP contribution in [0.25, 0.3) is 0 Å². The maximum atomic E-state index is 10.2. The van der Waals surface area contributed by atoms with Crippen LogP contribution in [0.15, 0.2) is 0 Å². The minimum atomic E-state index is -0.903. The summed E-state index contributed by atoms with van der Waals surface area (Å²) in [6.07, 6.45) is 39.7. The van der Waals surface area contributed by atoms with Gasteiger partial charge in [0.1, 0.15) is 0 Å². The Morgan fingerprint density at radius 1 is 0.317 bits per heavy atom. The quantitative estimate of drug-likeness (QED) is 0.0526. The molecular weight excluding hydrogens is 604 g/mol. The van der Waals surface area contributed by atoms with Crippen molar-refractivity contribution >= 4 is 11.9 Å². The summed E-state index contributed by atoms with van der Waals surface area (Å²) >= 11 is 0. The molecule has 249 valence electrons. The first-order valence-corrected chi connectivity index (χ1v) is 17.9. The molecule has 0 aliphatic rings. The molecule has 0 saturated carbocycles. The number of carbonyl (C=O) groups is 2. The van der Waals surface area contributed by atoms with Gasteiger partial charge in [0.05, 0.1) is 0 Å². The summed E-state index contributed by atoms with van der Waals surface area (Å²) in [4.78, 5) is 20.4. The topological polar surface area (TPSA) is 80.3 Å². The minimum Gasteiger partial charge on any atom is -0.550 e. The molecule has 0 fully saturated rings. The van der Waals surface area contributed by atoms with Crippen LogP contribution in [0.1, 0.15) is 219 Å². The van der Waals surface area contributed by atoms with E-state index < -0.39 is 11.9 Å². The number of hydrogen-bond acceptors (Lipinski definition) is 4. The number of carboxylic acid groups (broad SMARTS) is 2. The van der Waals surface area contributed by atoms with Crippen LogP contribution in [0, 0.1) is 0 Å². The number of unbranched alkanes of at least 4 members (excludes halogenated alkanes) is 28. The van der Waals surface area contributed by atoms with Crippen molar-refractivity contribution in [2.45, 2.75) is 219 Å². The van der Waals surface area contributed by atoms with Gasteiger partial charge in [-0.15, -0.1) is 0 Å². The number of aliphatic carboxylic acids is 2. The van der Waals surface area contributed by atoms with E-state index in [9.17, 15) is 19.8 Å². The van der Waals surface area contributed by atoms with Crippen LogP contribution in [0.3, 0.4) is 0 Å². The standard InChI is InChI=1S/2C18H36O2.Ag/c2*1-2-3-4-5-6-7-8-9-10-11-12-13-14-15-16-17-18(19)20;/h2*2-17H2,1H3,(H,19,20);/q;;+2/p-2. The third kappa shape index (κ3) is 49.7. The van der Waals surface area contributed by atoms with Gasteiger partial charge < -0.3 is 19.8 Å². The Hall–Kier alpha value is -0.320. The normalized spacial score (nSPS) is 10.6. The molecule has 0 aliphatic carbocycles. The SMILES string of the molecule is CCCCCCCCCCCCCCCCCC(=O)[O-].CCCCCCCCCCCCCCCCCC(=O)[O-].[Ag+2]. The van der Waals surface area contributed by atoms with Gasteiger partial charge in [0.2, 0.25) is 0 Å². The Balaban J connectivity index is -0.000000688. The van der Waals surface area contributed by atoms with Crippen LogP contribution < -0.4 is 10.2 Å². The van der Waals surface area contributed by atoms with E-state index in [-0.39, 0.29) is 35.2 Å². The number of carboxylic acids is 2. The van der Waals surface area contributed by atoms with Crippen molar-refractivity contribution in [1.29, 1.82) is 0 Å². The summed E-state index contributed by atoms with van der Waals surface area (Å²) in [7, 11) is 0. The maximum Gasteiger partial charge on any atom is 2.00 e. The molecule has 0 aromatic carbocycles. The Morgan fingerprint density at radius 2 is 0.463 bits per heavy atom. The van der Waals surface area contributed by atoms with Crippen molar-refractivity contribution in [3.8, 4) is 0 Å². The Morgan fingerprint density at radius 3 is 0.610 bits per heavy atom. The van der Waals surface area contributed by atoms with E-state index in [4.69, 9.17) is 0 Å². The fraction of sp³-hybridized carbons (Fsp3) is 0.944. The summed E-state index contributed by atoms with van der Waals surface area (Å²) in [6.45, 7) is 4.53. The van der Waals surface area contributed by atoms with Crippen molar-refractivity contribution in [1.82, 2.24) is 0 Å². The van der Waals surface area contributed by atoms with E-state index in [1.165, 1.54) is 167 Å². The average Bonchev–Trinajstić information content (AvgIpc) is 2.93. The van der Waals surface area contributed by atoms with Crippen LogP contribution in [0.4, 0.5) is 0 Å². The smallest absolute Gasteiger partial charge is 0.550 e. The largest absolute Gasteiger partial charge is 2.00 e. The van der Waals surface area contributed by atoms with Gasteiger partial charge in [0.15, 0.2) is 0 Å². The first kappa shape index (κ1) is 45.1. The number of hydrogen-bond donors (Lipinski definition) is 0. The van der Waals surface area contributed by atoms with E-state index in [1.54, 1.807) is 0 Å². The molecular formula is C36H70AgO4. The third-order valence-electron chi connectivity index (χ3n) is 7.97. The third-order valence-corrected chi connectivity index (χ3v) is 7.97. The average molecular weight is 675 g/mol. The van der Waals surface area contributed by atoms with Crippen LogP contribution in [-0.2, 0) is 32.0 Å². The molecule has 0 saturated heterocycles. The van der Waals surface area contributed by atoms with Gasteiger partial charge in [0, 0.05) is 11.9 Å².